The molecule has 0 amide bonds. The van der Waals surface area contributed by atoms with Crippen LogP contribution in [-0.2, 0) is 0 Å². The summed E-state index contributed by atoms with van der Waals surface area (Å²) in [7, 11) is 0. The third kappa shape index (κ3) is 2.78. The SMILES string of the molecule is CC1(CNCC2(CN)CCCCC2)CCC1. The fourth-order valence-electron chi connectivity index (χ4n) is 3.34. The molecule has 0 aromatic carbocycles. The van der Waals surface area contributed by atoms with Gasteiger partial charge in [-0.1, -0.05) is 32.6 Å². The molecular weight excluding hydrogens is 196 g/mol. The van der Waals surface area contributed by atoms with E-state index >= 15 is 0 Å². The molecule has 0 unspecified atom stereocenters. The van der Waals surface area contributed by atoms with Crippen molar-refractivity contribution < 1.29 is 0 Å². The minimum Gasteiger partial charge on any atom is -0.330 e. The quantitative estimate of drug-likeness (QED) is 0.753. The monoisotopic (exact) mass is 224 g/mol. The third-order valence-corrected chi connectivity index (χ3v) is 4.96. The predicted molar refractivity (Wildman–Crippen MR) is 69.4 cm³/mol. The van der Waals surface area contributed by atoms with Gasteiger partial charge in [0, 0.05) is 13.1 Å². The van der Waals surface area contributed by atoms with Gasteiger partial charge in [-0.2, -0.15) is 0 Å². The van der Waals surface area contributed by atoms with E-state index in [0.29, 0.717) is 10.8 Å². The third-order valence-electron chi connectivity index (χ3n) is 4.96. The Morgan fingerprint density at radius 2 is 1.62 bits per heavy atom. The second-order valence-corrected chi connectivity index (χ2v) is 6.53. The minimum absolute atomic E-state index is 0.429. The van der Waals surface area contributed by atoms with Gasteiger partial charge in [-0.3, -0.25) is 0 Å². The van der Waals surface area contributed by atoms with Gasteiger partial charge >= 0.3 is 0 Å². The molecule has 0 aromatic rings. The zero-order valence-corrected chi connectivity index (χ0v) is 10.9. The maximum absolute atomic E-state index is 5.99. The lowest BCUT2D eigenvalue weighted by Crippen LogP contribution is -2.46. The fourth-order valence-corrected chi connectivity index (χ4v) is 3.34. The molecule has 3 N–H and O–H groups in total. The molecule has 2 rings (SSSR count). The highest BCUT2D eigenvalue weighted by molar-refractivity contribution is 4.89. The van der Waals surface area contributed by atoms with Crippen molar-refractivity contribution in [3.05, 3.63) is 0 Å². The molecule has 0 atom stereocenters. The van der Waals surface area contributed by atoms with E-state index in [1.54, 1.807) is 0 Å². The first-order valence-corrected chi connectivity index (χ1v) is 7.09. The Morgan fingerprint density at radius 3 is 2.12 bits per heavy atom. The first-order chi connectivity index (χ1) is 7.68. The van der Waals surface area contributed by atoms with Crippen molar-refractivity contribution in [2.75, 3.05) is 19.6 Å². The molecule has 2 aliphatic carbocycles. The lowest BCUT2D eigenvalue weighted by Gasteiger charge is -2.41. The first kappa shape index (κ1) is 12.4. The summed E-state index contributed by atoms with van der Waals surface area (Å²) in [6.07, 6.45) is 11.1. The summed E-state index contributed by atoms with van der Waals surface area (Å²) in [6.45, 7) is 5.64. The zero-order chi connectivity index (χ0) is 11.5. The van der Waals surface area contributed by atoms with E-state index in [-0.39, 0.29) is 0 Å². The Morgan fingerprint density at radius 1 is 0.938 bits per heavy atom. The van der Waals surface area contributed by atoms with Crippen LogP contribution in [-0.4, -0.2) is 19.6 Å². The van der Waals surface area contributed by atoms with E-state index in [1.807, 2.05) is 0 Å². The number of nitrogens with two attached hydrogens (primary N) is 1. The average molecular weight is 224 g/mol. The predicted octanol–water partition coefficient (Wildman–Crippen LogP) is 2.68. The fraction of sp³-hybridized carbons (Fsp3) is 1.00. The highest BCUT2D eigenvalue weighted by atomic mass is 14.9. The van der Waals surface area contributed by atoms with E-state index in [1.165, 1.54) is 57.9 Å². The van der Waals surface area contributed by atoms with Crippen LogP contribution >= 0.6 is 0 Å². The van der Waals surface area contributed by atoms with Crippen molar-refractivity contribution in [3.63, 3.8) is 0 Å². The molecule has 2 heteroatoms. The van der Waals surface area contributed by atoms with Gasteiger partial charge < -0.3 is 11.1 Å². The molecule has 94 valence electrons. The summed E-state index contributed by atoms with van der Waals surface area (Å²) in [5, 5.41) is 3.71. The van der Waals surface area contributed by atoms with E-state index in [2.05, 4.69) is 12.2 Å². The smallest absolute Gasteiger partial charge is 0.00201 e. The number of hydrogen-bond acceptors (Lipinski definition) is 2. The highest BCUT2D eigenvalue weighted by Gasteiger charge is 2.34. The molecule has 0 saturated heterocycles. The van der Waals surface area contributed by atoms with Crippen LogP contribution < -0.4 is 11.1 Å². The molecule has 2 fully saturated rings. The summed E-state index contributed by atoms with van der Waals surface area (Å²) in [5.74, 6) is 0. The van der Waals surface area contributed by atoms with Crippen LogP contribution in [0.25, 0.3) is 0 Å². The Labute approximate surface area is 100 Å². The summed E-state index contributed by atoms with van der Waals surface area (Å²) < 4.78 is 0. The van der Waals surface area contributed by atoms with Gasteiger partial charge in [0.2, 0.25) is 0 Å². The first-order valence-electron chi connectivity index (χ1n) is 7.09. The molecule has 0 aliphatic heterocycles. The van der Waals surface area contributed by atoms with Crippen LogP contribution in [0, 0.1) is 10.8 Å². The molecule has 0 heterocycles. The lowest BCUT2D eigenvalue weighted by atomic mass is 9.70. The van der Waals surface area contributed by atoms with E-state index in [0.717, 1.165) is 13.1 Å². The topological polar surface area (TPSA) is 38.0 Å². The van der Waals surface area contributed by atoms with Crippen LogP contribution in [0.1, 0.15) is 58.3 Å². The van der Waals surface area contributed by atoms with Crippen LogP contribution in [0.5, 0.6) is 0 Å². The summed E-state index contributed by atoms with van der Waals surface area (Å²) in [4.78, 5) is 0. The minimum atomic E-state index is 0.429. The summed E-state index contributed by atoms with van der Waals surface area (Å²) >= 11 is 0. The normalized spacial score (nSPS) is 27.4. The van der Waals surface area contributed by atoms with E-state index in [9.17, 15) is 0 Å². The van der Waals surface area contributed by atoms with Crippen molar-refractivity contribution >= 4 is 0 Å². The molecule has 16 heavy (non-hydrogen) atoms. The molecule has 0 spiro atoms. The van der Waals surface area contributed by atoms with E-state index < -0.39 is 0 Å². The van der Waals surface area contributed by atoms with Gasteiger partial charge in [0.25, 0.3) is 0 Å². The maximum atomic E-state index is 5.99. The number of nitrogens with one attached hydrogen (secondary N) is 1. The van der Waals surface area contributed by atoms with Gasteiger partial charge in [-0.05, 0) is 43.1 Å². The van der Waals surface area contributed by atoms with Crippen LogP contribution in [0.4, 0.5) is 0 Å². The molecule has 0 bridgehead atoms. The van der Waals surface area contributed by atoms with Gasteiger partial charge in [-0.25, -0.2) is 0 Å². The standard InChI is InChI=1S/C14H28N2/c1-13(6-5-7-13)11-16-12-14(10-15)8-3-2-4-9-14/h16H,2-12,15H2,1H3. The summed E-state index contributed by atoms with van der Waals surface area (Å²) in [5.41, 5.74) is 7.03. The Balaban J connectivity index is 1.73. The maximum Gasteiger partial charge on any atom is 0.00201 e. The molecule has 2 aliphatic rings. The van der Waals surface area contributed by atoms with Gasteiger partial charge in [0.15, 0.2) is 0 Å². The summed E-state index contributed by atoms with van der Waals surface area (Å²) in [6, 6.07) is 0. The molecule has 0 radical (unpaired) electrons. The molecule has 0 aromatic heterocycles. The van der Waals surface area contributed by atoms with Gasteiger partial charge in [0.05, 0.1) is 0 Å². The molecule has 2 saturated carbocycles. The number of rotatable bonds is 5. The highest BCUT2D eigenvalue weighted by Crippen LogP contribution is 2.40. The lowest BCUT2D eigenvalue weighted by molar-refractivity contribution is 0.134. The van der Waals surface area contributed by atoms with Gasteiger partial charge in [0.1, 0.15) is 0 Å². The van der Waals surface area contributed by atoms with E-state index in [4.69, 9.17) is 5.73 Å². The molecule has 2 nitrogen and oxygen atoms in total. The van der Waals surface area contributed by atoms with Crippen LogP contribution in [0.15, 0.2) is 0 Å². The van der Waals surface area contributed by atoms with Crippen molar-refractivity contribution in [3.8, 4) is 0 Å². The van der Waals surface area contributed by atoms with Crippen molar-refractivity contribution in [2.24, 2.45) is 16.6 Å². The second kappa shape index (κ2) is 5.05. The average Bonchev–Trinajstić information content (AvgIpc) is 2.28. The van der Waals surface area contributed by atoms with Crippen LogP contribution in [0.3, 0.4) is 0 Å². The van der Waals surface area contributed by atoms with Gasteiger partial charge in [-0.15, -0.1) is 0 Å². The second-order valence-electron chi connectivity index (χ2n) is 6.53. The Bertz CT molecular complexity index is 215. The zero-order valence-electron chi connectivity index (χ0n) is 10.9. The Hall–Kier alpha value is -0.0800. The van der Waals surface area contributed by atoms with Crippen molar-refractivity contribution in [1.82, 2.24) is 5.32 Å². The largest absolute Gasteiger partial charge is 0.330 e. The van der Waals surface area contributed by atoms with Crippen molar-refractivity contribution in [2.45, 2.75) is 58.3 Å². The molecular formula is C14H28N2. The number of hydrogen-bond donors (Lipinski definition) is 2. The van der Waals surface area contributed by atoms with Crippen molar-refractivity contribution in [1.29, 1.82) is 0 Å². The Kier molecular flexibility index (Phi) is 3.91. The van der Waals surface area contributed by atoms with Crippen LogP contribution in [0.2, 0.25) is 0 Å².